The third kappa shape index (κ3) is 2.03. The van der Waals surface area contributed by atoms with Crippen molar-refractivity contribution >= 4 is 17.3 Å². The van der Waals surface area contributed by atoms with E-state index in [0.717, 1.165) is 23.5 Å². The Morgan fingerprint density at radius 1 is 1.47 bits per heavy atom. The van der Waals surface area contributed by atoms with Crippen LogP contribution in [0.15, 0.2) is 18.2 Å². The van der Waals surface area contributed by atoms with Gasteiger partial charge < -0.3 is 15.4 Å². The lowest BCUT2D eigenvalue weighted by Gasteiger charge is -2.29. The number of rotatable bonds is 1. The molecule has 80 valence electrons. The van der Waals surface area contributed by atoms with E-state index < -0.39 is 0 Å². The summed E-state index contributed by atoms with van der Waals surface area (Å²) in [5.74, 6) is -0.169. The molecule has 1 saturated heterocycles. The highest BCUT2D eigenvalue weighted by Crippen LogP contribution is 2.23. The van der Waals surface area contributed by atoms with Crippen molar-refractivity contribution in [1.82, 2.24) is 0 Å². The van der Waals surface area contributed by atoms with Crippen LogP contribution in [0.4, 0.5) is 11.4 Å². The van der Waals surface area contributed by atoms with Crippen LogP contribution in [0.1, 0.15) is 5.56 Å². The van der Waals surface area contributed by atoms with Crippen molar-refractivity contribution in [1.29, 1.82) is 0 Å². The van der Waals surface area contributed by atoms with Gasteiger partial charge in [0.2, 0.25) is 0 Å². The number of cyclic esters (lactones) is 1. The molecule has 4 nitrogen and oxygen atoms in total. The topological polar surface area (TPSA) is 55.6 Å². The van der Waals surface area contributed by atoms with Crippen molar-refractivity contribution in [3.63, 3.8) is 0 Å². The fourth-order valence-electron chi connectivity index (χ4n) is 1.79. The molecular weight excluding hydrogens is 192 g/mol. The van der Waals surface area contributed by atoms with Crippen LogP contribution in [0.5, 0.6) is 0 Å². The van der Waals surface area contributed by atoms with Gasteiger partial charge >= 0.3 is 5.97 Å². The second-order valence-electron chi connectivity index (χ2n) is 3.69. The number of benzene rings is 1. The maximum absolute atomic E-state index is 11.1. The summed E-state index contributed by atoms with van der Waals surface area (Å²) in [5, 5.41) is 0. The Morgan fingerprint density at radius 2 is 2.27 bits per heavy atom. The average Bonchev–Trinajstić information content (AvgIpc) is 2.17. The summed E-state index contributed by atoms with van der Waals surface area (Å²) in [6.45, 7) is 3.52. The molecule has 1 fully saturated rings. The van der Waals surface area contributed by atoms with Gasteiger partial charge in [-0.15, -0.1) is 0 Å². The van der Waals surface area contributed by atoms with Crippen molar-refractivity contribution in [3.8, 4) is 0 Å². The highest BCUT2D eigenvalue weighted by atomic mass is 16.5. The molecule has 0 amide bonds. The first-order valence-electron chi connectivity index (χ1n) is 4.93. The van der Waals surface area contributed by atoms with Crippen molar-refractivity contribution in [2.45, 2.75) is 6.92 Å². The zero-order valence-electron chi connectivity index (χ0n) is 8.69. The van der Waals surface area contributed by atoms with E-state index in [4.69, 9.17) is 10.5 Å². The molecule has 1 heterocycles. The molecule has 4 heteroatoms. The van der Waals surface area contributed by atoms with Crippen LogP contribution in [0, 0.1) is 6.92 Å². The number of nitrogens with two attached hydrogens (primary N) is 1. The molecule has 0 atom stereocenters. The monoisotopic (exact) mass is 206 g/mol. The lowest BCUT2D eigenvalue weighted by atomic mass is 10.1. The van der Waals surface area contributed by atoms with Gasteiger partial charge in [-0.2, -0.15) is 0 Å². The Morgan fingerprint density at radius 3 is 2.93 bits per heavy atom. The van der Waals surface area contributed by atoms with E-state index in [1.807, 2.05) is 30.0 Å². The van der Waals surface area contributed by atoms with Gasteiger partial charge in [0.1, 0.15) is 13.2 Å². The van der Waals surface area contributed by atoms with Gasteiger partial charge in [-0.1, -0.05) is 0 Å². The summed E-state index contributed by atoms with van der Waals surface area (Å²) in [6.07, 6.45) is 0. The standard InChI is InChI=1S/C11H14N2O2/c1-8-6-9(12)2-3-10(8)13-4-5-15-11(14)7-13/h2-3,6H,4-5,7,12H2,1H3. The molecular formula is C11H14N2O2. The van der Waals surface area contributed by atoms with Gasteiger partial charge in [0.25, 0.3) is 0 Å². The second kappa shape index (κ2) is 3.81. The quantitative estimate of drug-likeness (QED) is 0.549. The van der Waals surface area contributed by atoms with Crippen LogP contribution in [-0.2, 0) is 9.53 Å². The zero-order chi connectivity index (χ0) is 10.8. The first-order valence-corrected chi connectivity index (χ1v) is 4.93. The minimum absolute atomic E-state index is 0.169. The predicted octanol–water partition coefficient (Wildman–Crippen LogP) is 0.940. The van der Waals surface area contributed by atoms with Crippen molar-refractivity contribution < 1.29 is 9.53 Å². The van der Waals surface area contributed by atoms with Gasteiger partial charge in [0, 0.05) is 11.4 Å². The number of anilines is 2. The number of nitrogen functional groups attached to an aromatic ring is 1. The Hall–Kier alpha value is -1.71. The van der Waals surface area contributed by atoms with Crippen LogP contribution in [0.3, 0.4) is 0 Å². The summed E-state index contributed by atoms with van der Waals surface area (Å²) >= 11 is 0. The van der Waals surface area contributed by atoms with Crippen LogP contribution >= 0.6 is 0 Å². The minimum atomic E-state index is -0.169. The summed E-state index contributed by atoms with van der Waals surface area (Å²) in [5.41, 5.74) is 8.56. The van der Waals surface area contributed by atoms with Gasteiger partial charge in [-0.05, 0) is 30.7 Å². The van der Waals surface area contributed by atoms with Crippen LogP contribution < -0.4 is 10.6 Å². The van der Waals surface area contributed by atoms with E-state index in [1.165, 1.54) is 0 Å². The van der Waals surface area contributed by atoms with E-state index in [-0.39, 0.29) is 5.97 Å². The molecule has 0 aliphatic carbocycles. The third-order valence-electron chi connectivity index (χ3n) is 2.51. The maximum Gasteiger partial charge on any atom is 0.325 e. The molecule has 2 N–H and O–H groups in total. The lowest BCUT2D eigenvalue weighted by molar-refractivity contribution is -0.143. The fourth-order valence-corrected chi connectivity index (χ4v) is 1.79. The highest BCUT2D eigenvalue weighted by Gasteiger charge is 2.19. The van der Waals surface area contributed by atoms with Crippen LogP contribution in [0.2, 0.25) is 0 Å². The van der Waals surface area contributed by atoms with E-state index in [0.29, 0.717) is 13.2 Å². The normalized spacial score (nSPS) is 16.3. The van der Waals surface area contributed by atoms with Crippen molar-refractivity contribution in [2.24, 2.45) is 0 Å². The highest BCUT2D eigenvalue weighted by molar-refractivity contribution is 5.77. The summed E-state index contributed by atoms with van der Waals surface area (Å²) in [6, 6.07) is 5.71. The summed E-state index contributed by atoms with van der Waals surface area (Å²) in [7, 11) is 0. The first-order chi connectivity index (χ1) is 7.16. The smallest absolute Gasteiger partial charge is 0.325 e. The molecule has 2 rings (SSSR count). The molecule has 0 aromatic heterocycles. The molecule has 1 aliphatic heterocycles. The Labute approximate surface area is 88.6 Å². The Bertz CT molecular complexity index is 390. The zero-order valence-corrected chi connectivity index (χ0v) is 8.69. The number of carbonyl (C=O) groups excluding carboxylic acids is 1. The molecule has 1 aromatic rings. The average molecular weight is 206 g/mol. The number of morpholine rings is 1. The molecule has 0 radical (unpaired) electrons. The van der Waals surface area contributed by atoms with Crippen LogP contribution in [0.25, 0.3) is 0 Å². The molecule has 1 aliphatic rings. The van der Waals surface area contributed by atoms with Gasteiger partial charge in [0.05, 0.1) is 6.54 Å². The molecule has 0 saturated carbocycles. The van der Waals surface area contributed by atoms with Gasteiger partial charge in [-0.25, -0.2) is 0 Å². The predicted molar refractivity (Wildman–Crippen MR) is 58.8 cm³/mol. The summed E-state index contributed by atoms with van der Waals surface area (Å²) < 4.78 is 4.89. The van der Waals surface area contributed by atoms with Crippen molar-refractivity contribution in [3.05, 3.63) is 23.8 Å². The lowest BCUT2D eigenvalue weighted by Crippen LogP contribution is -2.40. The second-order valence-corrected chi connectivity index (χ2v) is 3.69. The number of ether oxygens (including phenoxy) is 1. The van der Waals surface area contributed by atoms with Gasteiger partial charge in [-0.3, -0.25) is 4.79 Å². The SMILES string of the molecule is Cc1cc(N)ccc1N1CCOC(=O)C1. The van der Waals surface area contributed by atoms with E-state index >= 15 is 0 Å². The molecule has 0 unspecified atom stereocenters. The maximum atomic E-state index is 11.1. The number of hydrogen-bond donors (Lipinski definition) is 1. The summed E-state index contributed by atoms with van der Waals surface area (Å²) in [4.78, 5) is 13.2. The van der Waals surface area contributed by atoms with E-state index in [2.05, 4.69) is 0 Å². The molecule has 0 bridgehead atoms. The Kier molecular flexibility index (Phi) is 2.49. The Balaban J connectivity index is 2.24. The third-order valence-corrected chi connectivity index (χ3v) is 2.51. The van der Waals surface area contributed by atoms with E-state index in [9.17, 15) is 4.79 Å². The number of esters is 1. The molecule has 1 aromatic carbocycles. The largest absolute Gasteiger partial charge is 0.462 e. The number of hydrogen-bond acceptors (Lipinski definition) is 4. The molecule has 0 spiro atoms. The number of carbonyl (C=O) groups is 1. The number of nitrogens with zero attached hydrogens (tertiary/aromatic N) is 1. The van der Waals surface area contributed by atoms with Crippen molar-refractivity contribution in [2.75, 3.05) is 30.3 Å². The first kappa shape index (κ1) is 9.83. The van der Waals surface area contributed by atoms with Gasteiger partial charge in [0.15, 0.2) is 0 Å². The minimum Gasteiger partial charge on any atom is -0.462 e. The molecule has 15 heavy (non-hydrogen) atoms. The van der Waals surface area contributed by atoms with Crippen LogP contribution in [-0.4, -0.2) is 25.7 Å². The van der Waals surface area contributed by atoms with E-state index in [1.54, 1.807) is 0 Å². The number of aryl methyl sites for hydroxylation is 1. The fraction of sp³-hybridized carbons (Fsp3) is 0.364.